The van der Waals surface area contributed by atoms with Crippen LogP contribution in [-0.4, -0.2) is 5.11 Å². The smallest absolute Gasteiger partial charge is 0.132 e. The Kier molecular flexibility index (Phi) is 1.90. The molecule has 54 valence electrons. The molecule has 0 bridgehead atoms. The summed E-state index contributed by atoms with van der Waals surface area (Å²) >= 11 is 4.06. The fourth-order valence-corrected chi connectivity index (χ4v) is 1.03. The number of thiol groups is 1. The number of phenolic OH excluding ortho intramolecular Hbond substituents is 1. The molecule has 10 heavy (non-hydrogen) atoms. The number of benzene rings is 1. The molecule has 0 amide bonds. The topological polar surface area (TPSA) is 20.2 Å². The van der Waals surface area contributed by atoms with Gasteiger partial charge in [0.15, 0.2) is 0 Å². The van der Waals surface area contributed by atoms with Crippen molar-refractivity contribution in [2.45, 2.75) is 18.7 Å². The molecule has 1 nitrogen and oxygen atoms in total. The van der Waals surface area contributed by atoms with Gasteiger partial charge in [0.05, 0.1) is 0 Å². The quantitative estimate of drug-likeness (QED) is 0.549. The van der Waals surface area contributed by atoms with Crippen molar-refractivity contribution >= 4 is 12.6 Å². The molecule has 0 saturated carbocycles. The van der Waals surface area contributed by atoms with E-state index in [2.05, 4.69) is 12.6 Å². The lowest BCUT2D eigenvalue weighted by atomic mass is 10.1. The van der Waals surface area contributed by atoms with Gasteiger partial charge < -0.3 is 5.11 Å². The van der Waals surface area contributed by atoms with E-state index < -0.39 is 0 Å². The molecular formula is C8H10OS. The Morgan fingerprint density at radius 3 is 2.40 bits per heavy atom. The van der Waals surface area contributed by atoms with E-state index in [-0.39, 0.29) is 0 Å². The second-order valence-electron chi connectivity index (χ2n) is 2.38. The minimum absolute atomic E-state index is 0.295. The molecule has 1 N–H and O–H groups in total. The highest BCUT2D eigenvalue weighted by atomic mass is 32.1. The monoisotopic (exact) mass is 154 g/mol. The number of hydrogen-bond donors (Lipinski definition) is 2. The molecule has 0 aliphatic heterocycles. The van der Waals surface area contributed by atoms with Crippen LogP contribution in [0, 0.1) is 13.8 Å². The van der Waals surface area contributed by atoms with Crippen LogP contribution >= 0.6 is 12.6 Å². The van der Waals surface area contributed by atoms with Gasteiger partial charge in [-0.2, -0.15) is 0 Å². The Labute approximate surface area is 66.1 Å². The van der Waals surface area contributed by atoms with E-state index in [0.717, 1.165) is 11.1 Å². The van der Waals surface area contributed by atoms with Crippen LogP contribution in [0.25, 0.3) is 0 Å². The van der Waals surface area contributed by atoms with Crippen molar-refractivity contribution in [3.05, 3.63) is 23.3 Å². The first-order valence-corrected chi connectivity index (χ1v) is 3.56. The molecule has 0 unspecified atom stereocenters. The van der Waals surface area contributed by atoms with Crippen molar-refractivity contribution in [3.63, 3.8) is 0 Å². The van der Waals surface area contributed by atoms with Crippen LogP contribution in [0.2, 0.25) is 0 Å². The summed E-state index contributed by atoms with van der Waals surface area (Å²) in [5.41, 5.74) is 2.00. The summed E-state index contributed by atoms with van der Waals surface area (Å²) in [5, 5.41) is 9.31. The van der Waals surface area contributed by atoms with Crippen molar-refractivity contribution in [1.82, 2.24) is 0 Å². The van der Waals surface area contributed by atoms with Crippen LogP contribution in [0.15, 0.2) is 17.0 Å². The van der Waals surface area contributed by atoms with E-state index >= 15 is 0 Å². The van der Waals surface area contributed by atoms with Crippen LogP contribution in [0.3, 0.4) is 0 Å². The van der Waals surface area contributed by atoms with Gasteiger partial charge in [-0.25, -0.2) is 0 Å². The van der Waals surface area contributed by atoms with Crippen molar-refractivity contribution in [2.24, 2.45) is 0 Å². The Bertz CT molecular complexity index is 229. The fraction of sp³-hybridized carbons (Fsp3) is 0.250. The molecule has 0 aliphatic rings. The zero-order chi connectivity index (χ0) is 7.72. The van der Waals surface area contributed by atoms with Crippen molar-refractivity contribution < 1.29 is 5.11 Å². The summed E-state index contributed by atoms with van der Waals surface area (Å²) in [6.45, 7) is 3.84. The molecule has 0 aliphatic carbocycles. The minimum atomic E-state index is 0.295. The molecule has 1 rings (SSSR count). The third-order valence-corrected chi connectivity index (χ3v) is 2.04. The third-order valence-electron chi connectivity index (χ3n) is 1.68. The van der Waals surface area contributed by atoms with Gasteiger partial charge in [0.2, 0.25) is 0 Å². The van der Waals surface area contributed by atoms with Crippen molar-refractivity contribution in [3.8, 4) is 5.75 Å². The molecular weight excluding hydrogens is 144 g/mol. The number of rotatable bonds is 0. The summed E-state index contributed by atoms with van der Waals surface area (Å²) < 4.78 is 0. The van der Waals surface area contributed by atoms with E-state index in [4.69, 9.17) is 0 Å². The SMILES string of the molecule is Cc1ccc(S)c(O)c1C. The van der Waals surface area contributed by atoms with Gasteiger partial charge >= 0.3 is 0 Å². The highest BCUT2D eigenvalue weighted by Gasteiger charge is 2.01. The lowest BCUT2D eigenvalue weighted by molar-refractivity contribution is 0.458. The third kappa shape index (κ3) is 1.12. The maximum atomic E-state index is 9.31. The average molecular weight is 154 g/mol. The van der Waals surface area contributed by atoms with Gasteiger partial charge in [-0.15, -0.1) is 12.6 Å². The second kappa shape index (κ2) is 2.54. The molecule has 0 spiro atoms. The highest BCUT2D eigenvalue weighted by Crippen LogP contribution is 2.26. The number of aryl methyl sites for hydroxylation is 1. The van der Waals surface area contributed by atoms with Gasteiger partial charge in [-0.05, 0) is 31.0 Å². The molecule has 2 heteroatoms. The summed E-state index contributed by atoms with van der Waals surface area (Å²) in [4.78, 5) is 0.642. The van der Waals surface area contributed by atoms with Gasteiger partial charge in [0, 0.05) is 4.90 Å². The first-order chi connectivity index (χ1) is 4.63. The fourth-order valence-electron chi connectivity index (χ4n) is 0.787. The zero-order valence-corrected chi connectivity index (χ0v) is 6.94. The van der Waals surface area contributed by atoms with E-state index in [1.165, 1.54) is 0 Å². The predicted molar refractivity (Wildman–Crippen MR) is 44.8 cm³/mol. The number of aromatic hydroxyl groups is 1. The van der Waals surface area contributed by atoms with Crippen LogP contribution in [0.1, 0.15) is 11.1 Å². The van der Waals surface area contributed by atoms with Crippen molar-refractivity contribution in [2.75, 3.05) is 0 Å². The lowest BCUT2D eigenvalue weighted by Gasteiger charge is -2.03. The normalized spacial score (nSPS) is 9.90. The molecule has 0 fully saturated rings. The van der Waals surface area contributed by atoms with Crippen LogP contribution in [0.4, 0.5) is 0 Å². The average Bonchev–Trinajstić information content (AvgIpc) is 1.93. The van der Waals surface area contributed by atoms with E-state index in [1.807, 2.05) is 19.9 Å². The molecule has 0 atom stereocenters. The van der Waals surface area contributed by atoms with Crippen LogP contribution in [-0.2, 0) is 0 Å². The summed E-state index contributed by atoms with van der Waals surface area (Å²) in [5.74, 6) is 0.295. The molecule has 1 aromatic carbocycles. The zero-order valence-electron chi connectivity index (χ0n) is 6.05. The molecule has 0 aromatic heterocycles. The van der Waals surface area contributed by atoms with Crippen LogP contribution < -0.4 is 0 Å². The predicted octanol–water partition coefficient (Wildman–Crippen LogP) is 2.30. The molecule has 1 aromatic rings. The first kappa shape index (κ1) is 7.48. The van der Waals surface area contributed by atoms with Crippen molar-refractivity contribution in [1.29, 1.82) is 0 Å². The minimum Gasteiger partial charge on any atom is -0.507 e. The summed E-state index contributed by atoms with van der Waals surface area (Å²) in [7, 11) is 0. The maximum Gasteiger partial charge on any atom is 0.132 e. The molecule has 0 heterocycles. The largest absolute Gasteiger partial charge is 0.507 e. The van der Waals surface area contributed by atoms with Gasteiger partial charge in [0.1, 0.15) is 5.75 Å². The molecule has 0 radical (unpaired) electrons. The van der Waals surface area contributed by atoms with Gasteiger partial charge in [0.25, 0.3) is 0 Å². The van der Waals surface area contributed by atoms with Gasteiger partial charge in [-0.1, -0.05) is 6.07 Å². The van der Waals surface area contributed by atoms with E-state index in [1.54, 1.807) is 6.07 Å². The highest BCUT2D eigenvalue weighted by molar-refractivity contribution is 7.80. The van der Waals surface area contributed by atoms with Gasteiger partial charge in [-0.3, -0.25) is 0 Å². The Morgan fingerprint density at radius 2 is 1.90 bits per heavy atom. The summed E-state index contributed by atoms with van der Waals surface area (Å²) in [6.07, 6.45) is 0. The Balaban J connectivity index is 3.34. The maximum absolute atomic E-state index is 9.31. The Morgan fingerprint density at radius 1 is 1.30 bits per heavy atom. The van der Waals surface area contributed by atoms with E-state index in [0.29, 0.717) is 10.6 Å². The first-order valence-electron chi connectivity index (χ1n) is 3.11. The molecule has 0 saturated heterocycles. The lowest BCUT2D eigenvalue weighted by Crippen LogP contribution is -1.81. The van der Waals surface area contributed by atoms with E-state index in [9.17, 15) is 5.11 Å². The standard InChI is InChI=1S/C8H10OS/c1-5-3-4-7(10)8(9)6(5)2/h3-4,9-10H,1-2H3. The second-order valence-corrected chi connectivity index (χ2v) is 2.86. The summed E-state index contributed by atoms with van der Waals surface area (Å²) in [6, 6.07) is 3.73. The number of phenols is 1. The van der Waals surface area contributed by atoms with Crippen LogP contribution in [0.5, 0.6) is 5.75 Å². The number of hydrogen-bond acceptors (Lipinski definition) is 2. The Hall–Kier alpha value is -0.630.